The molecule has 3 heteroatoms. The van der Waals surface area contributed by atoms with E-state index in [1.54, 1.807) is 0 Å². The number of hydrogen-bond donors (Lipinski definition) is 1. The van der Waals surface area contributed by atoms with Crippen LogP contribution in [0.4, 0.5) is 0 Å². The van der Waals surface area contributed by atoms with Crippen molar-refractivity contribution in [2.24, 2.45) is 5.92 Å². The molecular weight excluding hydrogens is 246 g/mol. The van der Waals surface area contributed by atoms with Gasteiger partial charge in [-0.1, -0.05) is 25.0 Å². The topological polar surface area (TPSA) is 39.1 Å². The Morgan fingerprint density at radius 3 is 2.65 bits per heavy atom. The zero-order valence-corrected chi connectivity index (χ0v) is 12.0. The predicted octanol–water partition coefficient (Wildman–Crippen LogP) is 2.69. The Morgan fingerprint density at radius 2 is 1.95 bits per heavy atom. The third-order valence-corrected chi connectivity index (χ3v) is 4.75. The summed E-state index contributed by atoms with van der Waals surface area (Å²) in [6.07, 6.45) is 5.41. The van der Waals surface area contributed by atoms with Crippen molar-refractivity contribution in [3.8, 4) is 6.07 Å². The van der Waals surface area contributed by atoms with Gasteiger partial charge in [0.15, 0.2) is 0 Å². The van der Waals surface area contributed by atoms with Gasteiger partial charge < -0.3 is 5.32 Å². The number of piperazine rings is 1. The third-order valence-electron chi connectivity index (χ3n) is 4.75. The molecule has 3 nitrogen and oxygen atoms in total. The molecular formula is C17H23N3. The summed E-state index contributed by atoms with van der Waals surface area (Å²) in [6.45, 7) is 4.41. The first-order valence-corrected chi connectivity index (χ1v) is 7.83. The molecule has 1 aromatic carbocycles. The number of hydrogen-bond acceptors (Lipinski definition) is 3. The molecule has 0 amide bonds. The highest BCUT2D eigenvalue weighted by atomic mass is 15.2. The van der Waals surface area contributed by atoms with Crippen molar-refractivity contribution in [1.29, 1.82) is 5.26 Å². The largest absolute Gasteiger partial charge is 0.314 e. The fraction of sp³-hybridized carbons (Fsp3) is 0.588. The van der Waals surface area contributed by atoms with Crippen LogP contribution in [0.15, 0.2) is 24.3 Å². The maximum Gasteiger partial charge on any atom is 0.0991 e. The standard InChI is InChI=1S/C17H23N3/c18-13-14-4-3-7-16(12-14)17(15-5-1-2-6-15)20-10-8-19-9-11-20/h3-4,7,12,15,17,19H,1-2,5-6,8-11H2/t17-/m0/s1. The lowest BCUT2D eigenvalue weighted by atomic mass is 9.89. The molecule has 3 rings (SSSR count). The number of nitriles is 1. The molecule has 20 heavy (non-hydrogen) atoms. The first kappa shape index (κ1) is 13.6. The van der Waals surface area contributed by atoms with Gasteiger partial charge in [0.05, 0.1) is 11.6 Å². The summed E-state index contributed by atoms with van der Waals surface area (Å²) in [6, 6.07) is 11.1. The molecule has 1 N–H and O–H groups in total. The molecule has 0 bridgehead atoms. The maximum absolute atomic E-state index is 9.15. The second-order valence-electron chi connectivity index (χ2n) is 6.01. The molecule has 0 aromatic heterocycles. The average molecular weight is 269 g/mol. The minimum absolute atomic E-state index is 0.507. The van der Waals surface area contributed by atoms with Gasteiger partial charge in [0.25, 0.3) is 0 Å². The van der Waals surface area contributed by atoms with Crippen molar-refractivity contribution in [3.63, 3.8) is 0 Å². The number of nitrogens with one attached hydrogen (secondary N) is 1. The Bertz CT molecular complexity index is 479. The maximum atomic E-state index is 9.15. The van der Waals surface area contributed by atoms with Crippen LogP contribution in [0.25, 0.3) is 0 Å². The van der Waals surface area contributed by atoms with Crippen molar-refractivity contribution >= 4 is 0 Å². The highest BCUT2D eigenvalue weighted by Gasteiger charge is 2.31. The summed E-state index contributed by atoms with van der Waals surface area (Å²) < 4.78 is 0. The van der Waals surface area contributed by atoms with Gasteiger partial charge in [-0.2, -0.15) is 5.26 Å². The first-order valence-electron chi connectivity index (χ1n) is 7.83. The van der Waals surface area contributed by atoms with E-state index in [1.165, 1.54) is 31.2 Å². The van der Waals surface area contributed by atoms with E-state index >= 15 is 0 Å². The van der Waals surface area contributed by atoms with Crippen molar-refractivity contribution in [3.05, 3.63) is 35.4 Å². The molecule has 1 aliphatic carbocycles. The zero-order valence-electron chi connectivity index (χ0n) is 12.0. The summed E-state index contributed by atoms with van der Waals surface area (Å²) in [4.78, 5) is 2.63. The molecule has 1 saturated heterocycles. The first-order chi connectivity index (χ1) is 9.88. The minimum Gasteiger partial charge on any atom is -0.314 e. The van der Waals surface area contributed by atoms with E-state index in [1.807, 2.05) is 12.1 Å². The number of nitrogens with zero attached hydrogens (tertiary/aromatic N) is 2. The summed E-state index contributed by atoms with van der Waals surface area (Å²) in [7, 11) is 0. The van der Waals surface area contributed by atoms with Crippen LogP contribution in [-0.2, 0) is 0 Å². The van der Waals surface area contributed by atoms with Crippen LogP contribution >= 0.6 is 0 Å². The molecule has 0 radical (unpaired) electrons. The molecule has 2 aliphatic rings. The molecule has 2 fully saturated rings. The van der Waals surface area contributed by atoms with Gasteiger partial charge in [0.1, 0.15) is 0 Å². The zero-order chi connectivity index (χ0) is 13.8. The van der Waals surface area contributed by atoms with Crippen LogP contribution in [-0.4, -0.2) is 31.1 Å². The van der Waals surface area contributed by atoms with E-state index in [0.717, 1.165) is 37.7 Å². The van der Waals surface area contributed by atoms with Gasteiger partial charge in [-0.15, -0.1) is 0 Å². The van der Waals surface area contributed by atoms with Gasteiger partial charge in [-0.3, -0.25) is 4.90 Å². The van der Waals surface area contributed by atoms with Crippen molar-refractivity contribution < 1.29 is 0 Å². The lowest BCUT2D eigenvalue weighted by Gasteiger charge is -2.38. The van der Waals surface area contributed by atoms with Gasteiger partial charge >= 0.3 is 0 Å². The van der Waals surface area contributed by atoms with Crippen molar-refractivity contribution in [1.82, 2.24) is 10.2 Å². The molecule has 0 spiro atoms. The van der Waals surface area contributed by atoms with Crippen molar-refractivity contribution in [2.45, 2.75) is 31.7 Å². The van der Waals surface area contributed by atoms with Crippen LogP contribution in [0.5, 0.6) is 0 Å². The predicted molar refractivity (Wildman–Crippen MR) is 80.3 cm³/mol. The average Bonchev–Trinajstić information content (AvgIpc) is 3.03. The van der Waals surface area contributed by atoms with Gasteiger partial charge in [0.2, 0.25) is 0 Å². The van der Waals surface area contributed by atoms with E-state index in [2.05, 4.69) is 28.4 Å². The fourth-order valence-electron chi connectivity index (χ4n) is 3.81. The molecule has 1 atom stereocenters. The van der Waals surface area contributed by atoms with Crippen LogP contribution in [0, 0.1) is 17.2 Å². The normalized spacial score (nSPS) is 22.6. The van der Waals surface area contributed by atoms with E-state index in [9.17, 15) is 0 Å². The Hall–Kier alpha value is -1.37. The highest BCUT2D eigenvalue weighted by molar-refractivity contribution is 5.34. The Morgan fingerprint density at radius 1 is 1.20 bits per heavy atom. The molecule has 1 aromatic rings. The second-order valence-corrected chi connectivity index (χ2v) is 6.01. The lowest BCUT2D eigenvalue weighted by molar-refractivity contribution is 0.125. The van der Waals surface area contributed by atoms with Crippen LogP contribution in [0.1, 0.15) is 42.9 Å². The lowest BCUT2D eigenvalue weighted by Crippen LogP contribution is -2.46. The SMILES string of the molecule is N#Cc1cccc([C@H](C2CCCC2)N2CCNCC2)c1. The molecule has 1 aliphatic heterocycles. The van der Waals surface area contributed by atoms with Crippen molar-refractivity contribution in [2.75, 3.05) is 26.2 Å². The van der Waals surface area contributed by atoms with Gasteiger partial charge in [-0.05, 0) is 36.5 Å². The summed E-state index contributed by atoms with van der Waals surface area (Å²) >= 11 is 0. The van der Waals surface area contributed by atoms with E-state index in [4.69, 9.17) is 5.26 Å². The minimum atomic E-state index is 0.507. The van der Waals surface area contributed by atoms with Gasteiger partial charge in [-0.25, -0.2) is 0 Å². The van der Waals surface area contributed by atoms with Gasteiger partial charge in [0, 0.05) is 32.2 Å². The number of benzene rings is 1. The van der Waals surface area contributed by atoms with Crippen LogP contribution < -0.4 is 5.32 Å². The Kier molecular flexibility index (Phi) is 4.34. The van der Waals surface area contributed by atoms with Crippen LogP contribution in [0.2, 0.25) is 0 Å². The summed E-state index contributed by atoms with van der Waals surface area (Å²) in [5.74, 6) is 0.766. The van der Waals surface area contributed by atoms with Crippen LogP contribution in [0.3, 0.4) is 0 Å². The summed E-state index contributed by atoms with van der Waals surface area (Å²) in [5.41, 5.74) is 2.14. The highest BCUT2D eigenvalue weighted by Crippen LogP contribution is 2.39. The second kappa shape index (κ2) is 6.39. The monoisotopic (exact) mass is 269 g/mol. The van der Waals surface area contributed by atoms with E-state index < -0.39 is 0 Å². The Balaban J connectivity index is 1.88. The fourth-order valence-corrected chi connectivity index (χ4v) is 3.81. The van der Waals surface area contributed by atoms with E-state index in [0.29, 0.717) is 6.04 Å². The molecule has 0 unspecified atom stereocenters. The Labute approximate surface area is 121 Å². The smallest absolute Gasteiger partial charge is 0.0991 e. The third kappa shape index (κ3) is 2.87. The quantitative estimate of drug-likeness (QED) is 0.917. The van der Waals surface area contributed by atoms with E-state index in [-0.39, 0.29) is 0 Å². The number of rotatable bonds is 3. The molecule has 106 valence electrons. The molecule has 1 saturated carbocycles. The summed E-state index contributed by atoms with van der Waals surface area (Å²) in [5, 5.41) is 12.6. The molecule has 1 heterocycles.